The first-order valence-electron chi connectivity index (χ1n) is 12.9. The van der Waals surface area contributed by atoms with E-state index in [9.17, 15) is 5.11 Å². The third-order valence-electron chi connectivity index (χ3n) is 6.97. The van der Waals surface area contributed by atoms with Crippen LogP contribution >= 0.6 is 0 Å². The van der Waals surface area contributed by atoms with Crippen molar-refractivity contribution in [3.63, 3.8) is 0 Å². The van der Waals surface area contributed by atoms with Crippen LogP contribution in [-0.2, 0) is 26.8 Å². The molecule has 3 aromatic rings. The second kappa shape index (κ2) is 8.84. The lowest BCUT2D eigenvalue weighted by Gasteiger charge is -2.27. The van der Waals surface area contributed by atoms with Crippen molar-refractivity contribution < 1.29 is 5.11 Å². The third-order valence-corrected chi connectivity index (χ3v) is 6.97. The van der Waals surface area contributed by atoms with Gasteiger partial charge in [-0.1, -0.05) is 138 Å². The zero-order valence-corrected chi connectivity index (χ0v) is 24.1. The van der Waals surface area contributed by atoms with Crippen molar-refractivity contribution in [1.29, 1.82) is 0 Å². The van der Waals surface area contributed by atoms with Gasteiger partial charge in [-0.05, 0) is 55.0 Å². The van der Waals surface area contributed by atoms with Crippen LogP contribution in [0.2, 0.25) is 0 Å². The number of rotatable bonds is 2. The fourth-order valence-corrected chi connectivity index (χ4v) is 4.29. The van der Waals surface area contributed by atoms with Gasteiger partial charge in [0, 0.05) is 11.1 Å². The van der Waals surface area contributed by atoms with Gasteiger partial charge in [0.1, 0.15) is 0 Å². The summed E-state index contributed by atoms with van der Waals surface area (Å²) < 4.78 is 0. The van der Waals surface area contributed by atoms with Gasteiger partial charge in [-0.15, -0.1) is 0 Å². The molecule has 0 heterocycles. The average Bonchev–Trinajstić information content (AvgIpc) is 2.70. The zero-order chi connectivity index (χ0) is 26.6. The first-order valence-corrected chi connectivity index (χ1v) is 12.9. The summed E-state index contributed by atoms with van der Waals surface area (Å²) in [7, 11) is 0. The molecule has 0 atom stereocenters. The Balaban J connectivity index is 2.29. The van der Waals surface area contributed by atoms with Crippen LogP contribution in [0, 0.1) is 0 Å². The molecule has 0 aliphatic heterocycles. The second-order valence-electron chi connectivity index (χ2n) is 14.3. The van der Waals surface area contributed by atoms with Crippen LogP contribution in [0.15, 0.2) is 54.6 Å². The number of hydrogen-bond donors (Lipinski definition) is 0. The zero-order valence-electron chi connectivity index (χ0n) is 24.1. The highest BCUT2D eigenvalue weighted by atomic mass is 16.3. The Kier molecular flexibility index (Phi) is 6.83. The summed E-state index contributed by atoms with van der Waals surface area (Å²) in [6, 6.07) is 19.5. The Bertz CT molecular complexity index is 1060. The van der Waals surface area contributed by atoms with Crippen molar-refractivity contribution in [1.82, 2.24) is 0 Å². The molecule has 0 bridgehead atoms. The van der Waals surface area contributed by atoms with Gasteiger partial charge in [0.05, 0.1) is 0 Å². The monoisotopic (exact) mass is 469 g/mol. The molecule has 0 aliphatic rings. The Labute approximate surface area is 214 Å². The molecule has 0 fully saturated rings. The van der Waals surface area contributed by atoms with Crippen molar-refractivity contribution in [3.05, 3.63) is 76.9 Å². The first kappa shape index (κ1) is 27.1. The van der Waals surface area contributed by atoms with Gasteiger partial charge in [0.25, 0.3) is 0 Å². The molecule has 3 aromatic carbocycles. The lowest BCUT2D eigenvalue weighted by atomic mass is 9.78. The Morgan fingerprint density at radius 1 is 0.429 bits per heavy atom. The van der Waals surface area contributed by atoms with E-state index >= 15 is 0 Å². The Morgan fingerprint density at radius 3 is 0.914 bits per heavy atom. The van der Waals surface area contributed by atoms with Crippen LogP contribution in [0.3, 0.4) is 0 Å². The molecule has 3 rings (SSSR count). The molecular weight excluding hydrogens is 424 g/mol. The van der Waals surface area contributed by atoms with E-state index in [1.54, 1.807) is 0 Å². The highest BCUT2D eigenvalue weighted by molar-refractivity contribution is 5.83. The molecule has 0 saturated heterocycles. The minimum absolute atomic E-state index is 0.000677. The van der Waals surface area contributed by atoms with E-state index < -0.39 is 0 Å². The van der Waals surface area contributed by atoms with E-state index in [0.717, 1.165) is 22.3 Å². The van der Waals surface area contributed by atoms with Crippen LogP contribution in [0.1, 0.15) is 105 Å². The lowest BCUT2D eigenvalue weighted by Crippen LogP contribution is -2.16. The molecule has 1 radical (unpaired) electrons. The summed E-state index contributed by atoms with van der Waals surface area (Å²) in [5.41, 5.74) is 8.61. The second-order valence-corrected chi connectivity index (χ2v) is 14.3. The van der Waals surface area contributed by atoms with Crippen LogP contribution in [-0.4, -0.2) is 0 Å². The van der Waals surface area contributed by atoms with Crippen molar-refractivity contribution in [2.75, 3.05) is 0 Å². The SMILES string of the molecule is CC(C)(C)c1cc(-c2cccc(-c3cc(C(C)(C)C)cc(C(C)(C)C)c3)c2[O])cc(C(C)(C)C)c1. The minimum Gasteiger partial charge on any atom is -0.289 e. The van der Waals surface area contributed by atoms with Crippen molar-refractivity contribution in [2.45, 2.75) is 105 Å². The summed E-state index contributed by atoms with van der Waals surface area (Å²) in [5, 5.41) is 14.0. The fourth-order valence-electron chi connectivity index (χ4n) is 4.29. The standard InChI is InChI=1S/C34H45O/c1-31(2,3)24-16-22(17-25(20-24)32(4,5)6)28-14-13-15-29(30(28)35)23-18-26(33(7,8)9)21-27(19-23)34(10,11)12/h13-21H,1-12H3. The van der Waals surface area contributed by atoms with E-state index in [0.29, 0.717) is 0 Å². The molecule has 0 amide bonds. The van der Waals surface area contributed by atoms with Gasteiger partial charge in [0.2, 0.25) is 0 Å². The molecule has 0 aliphatic carbocycles. The van der Waals surface area contributed by atoms with Gasteiger partial charge in [-0.25, -0.2) is 0 Å². The molecule has 0 aromatic heterocycles. The maximum absolute atomic E-state index is 14.0. The summed E-state index contributed by atoms with van der Waals surface area (Å²) in [5.74, 6) is 0.101. The van der Waals surface area contributed by atoms with E-state index in [1.807, 2.05) is 18.2 Å². The normalized spacial score (nSPS) is 13.3. The number of para-hydroxylation sites is 1. The Hall–Kier alpha value is -2.54. The topological polar surface area (TPSA) is 19.9 Å². The van der Waals surface area contributed by atoms with Crippen LogP contribution in [0.25, 0.3) is 22.3 Å². The van der Waals surface area contributed by atoms with E-state index in [2.05, 4.69) is 119 Å². The first-order chi connectivity index (χ1) is 15.8. The van der Waals surface area contributed by atoms with Crippen LogP contribution in [0.4, 0.5) is 0 Å². The predicted octanol–water partition coefficient (Wildman–Crippen LogP) is 10.4. The quantitative estimate of drug-likeness (QED) is 0.356. The number of hydrogen-bond acceptors (Lipinski definition) is 0. The van der Waals surface area contributed by atoms with Gasteiger partial charge >= 0.3 is 0 Å². The van der Waals surface area contributed by atoms with E-state index in [-0.39, 0.29) is 27.4 Å². The van der Waals surface area contributed by atoms with Gasteiger partial charge in [-0.2, -0.15) is 0 Å². The van der Waals surface area contributed by atoms with Crippen LogP contribution in [0.5, 0.6) is 5.75 Å². The lowest BCUT2D eigenvalue weighted by molar-refractivity contribution is 0.358. The van der Waals surface area contributed by atoms with Gasteiger partial charge in [-0.3, -0.25) is 5.11 Å². The largest absolute Gasteiger partial charge is 0.289 e. The maximum Gasteiger partial charge on any atom is 0.194 e. The molecule has 187 valence electrons. The molecular formula is C34H45O. The molecule has 0 N–H and O–H groups in total. The molecule has 35 heavy (non-hydrogen) atoms. The van der Waals surface area contributed by atoms with E-state index in [4.69, 9.17) is 0 Å². The van der Waals surface area contributed by atoms with Crippen molar-refractivity contribution in [3.8, 4) is 28.0 Å². The van der Waals surface area contributed by atoms with Crippen molar-refractivity contribution >= 4 is 0 Å². The summed E-state index contributed by atoms with van der Waals surface area (Å²) in [4.78, 5) is 0. The molecule has 0 saturated carbocycles. The van der Waals surface area contributed by atoms with Gasteiger partial charge < -0.3 is 0 Å². The third kappa shape index (κ3) is 6.00. The average molecular weight is 470 g/mol. The summed E-state index contributed by atoms with van der Waals surface area (Å²) >= 11 is 0. The molecule has 1 heteroatoms. The van der Waals surface area contributed by atoms with Gasteiger partial charge in [0.15, 0.2) is 5.75 Å². The smallest absolute Gasteiger partial charge is 0.194 e. The Morgan fingerprint density at radius 2 is 0.686 bits per heavy atom. The summed E-state index contributed by atoms with van der Waals surface area (Å²) in [6.07, 6.45) is 0. The molecule has 0 spiro atoms. The van der Waals surface area contributed by atoms with Crippen LogP contribution < -0.4 is 0 Å². The molecule has 0 unspecified atom stereocenters. The highest BCUT2D eigenvalue weighted by Crippen LogP contribution is 2.43. The predicted molar refractivity (Wildman–Crippen MR) is 152 cm³/mol. The van der Waals surface area contributed by atoms with E-state index in [1.165, 1.54) is 22.3 Å². The van der Waals surface area contributed by atoms with Crippen molar-refractivity contribution in [2.24, 2.45) is 0 Å². The fraction of sp³-hybridized carbons (Fsp3) is 0.471. The maximum atomic E-state index is 14.0. The molecule has 1 nitrogen and oxygen atoms in total. The minimum atomic E-state index is -0.000677. The highest BCUT2D eigenvalue weighted by Gasteiger charge is 2.25. The summed E-state index contributed by atoms with van der Waals surface area (Å²) in [6.45, 7) is 26.8. The number of benzene rings is 3.